The number of benzene rings is 1. The minimum atomic E-state index is -0.0675. The maximum Gasteiger partial charge on any atom is 0.226 e. The average Bonchev–Trinajstić information content (AvgIpc) is 3.11. The van der Waals surface area contributed by atoms with E-state index in [1.165, 1.54) is 11.3 Å². The Morgan fingerprint density at radius 2 is 2.00 bits per heavy atom. The highest BCUT2D eigenvalue weighted by Gasteiger charge is 2.14. The molecule has 0 N–H and O–H groups in total. The number of hydrogen-bond donors (Lipinski definition) is 0. The predicted octanol–water partition coefficient (Wildman–Crippen LogP) is 4.97. The number of aromatic nitrogens is 2. The Kier molecular flexibility index (Phi) is 6.21. The lowest BCUT2D eigenvalue weighted by atomic mass is 10.1. The second-order valence-electron chi connectivity index (χ2n) is 6.39. The van der Waals surface area contributed by atoms with Crippen LogP contribution >= 0.6 is 22.9 Å². The molecule has 7 heteroatoms. The van der Waals surface area contributed by atoms with Crippen molar-refractivity contribution in [2.45, 2.75) is 26.7 Å². The smallest absolute Gasteiger partial charge is 0.226 e. The van der Waals surface area contributed by atoms with Crippen LogP contribution in [0.25, 0.3) is 11.1 Å². The molecular formula is C21H20ClN3O2S. The summed E-state index contributed by atoms with van der Waals surface area (Å²) < 4.78 is 0. The standard InChI is InChI=1S/C21H20ClN3O2S/c1-4-21(27)25(3)15-6-7-16(17(22)9-15)14-5-8-18(23-11-14)19(26)10-20-24-13(2)12-28-20/h5-9,11-12H,4,10H2,1-3H3. The number of ketones is 1. The van der Waals surface area contributed by atoms with Crippen LogP contribution in [-0.4, -0.2) is 28.7 Å². The van der Waals surface area contributed by atoms with E-state index in [1.807, 2.05) is 37.4 Å². The molecule has 3 aromatic rings. The van der Waals surface area contributed by atoms with Gasteiger partial charge in [-0.05, 0) is 25.1 Å². The zero-order valence-electron chi connectivity index (χ0n) is 15.9. The Morgan fingerprint density at radius 1 is 1.21 bits per heavy atom. The maximum atomic E-state index is 12.4. The van der Waals surface area contributed by atoms with E-state index in [0.29, 0.717) is 17.1 Å². The van der Waals surface area contributed by atoms with Gasteiger partial charge < -0.3 is 4.90 Å². The Bertz CT molecular complexity index is 1010. The van der Waals surface area contributed by atoms with Crippen LogP contribution in [0.5, 0.6) is 0 Å². The van der Waals surface area contributed by atoms with Crippen LogP contribution in [0.2, 0.25) is 5.02 Å². The highest BCUT2D eigenvalue weighted by atomic mass is 35.5. The zero-order chi connectivity index (χ0) is 20.3. The molecule has 5 nitrogen and oxygen atoms in total. The highest BCUT2D eigenvalue weighted by Crippen LogP contribution is 2.31. The number of nitrogens with zero attached hydrogens (tertiary/aromatic N) is 3. The first-order chi connectivity index (χ1) is 13.4. The number of carbonyl (C=O) groups excluding carboxylic acids is 2. The Hall–Kier alpha value is -2.57. The van der Waals surface area contributed by atoms with Gasteiger partial charge >= 0.3 is 0 Å². The van der Waals surface area contributed by atoms with Gasteiger partial charge in [0.1, 0.15) is 10.7 Å². The number of carbonyl (C=O) groups is 2. The molecule has 0 aliphatic carbocycles. The van der Waals surface area contributed by atoms with Gasteiger partial charge in [-0.1, -0.05) is 30.7 Å². The Labute approximate surface area is 173 Å². The number of amides is 1. The minimum Gasteiger partial charge on any atom is -0.315 e. The molecule has 0 saturated heterocycles. The molecule has 0 radical (unpaired) electrons. The number of Topliss-reactive ketones (excluding diaryl/α,β-unsaturated/α-hetero) is 1. The minimum absolute atomic E-state index is 0.0174. The van der Waals surface area contributed by atoms with Crippen molar-refractivity contribution in [1.29, 1.82) is 0 Å². The lowest BCUT2D eigenvalue weighted by Gasteiger charge is -2.17. The second-order valence-corrected chi connectivity index (χ2v) is 7.74. The first-order valence-corrected chi connectivity index (χ1v) is 10.1. The van der Waals surface area contributed by atoms with Crippen molar-refractivity contribution in [1.82, 2.24) is 9.97 Å². The third kappa shape index (κ3) is 4.46. The summed E-state index contributed by atoms with van der Waals surface area (Å²) >= 11 is 7.90. The van der Waals surface area contributed by atoms with Gasteiger partial charge in [-0.25, -0.2) is 4.98 Å². The number of aryl methyl sites for hydroxylation is 1. The SMILES string of the molecule is CCC(=O)N(C)c1ccc(-c2ccc(C(=O)Cc3nc(C)cs3)nc2)c(Cl)c1. The van der Waals surface area contributed by atoms with Crippen molar-refractivity contribution in [2.75, 3.05) is 11.9 Å². The molecule has 1 aromatic carbocycles. The molecule has 0 bridgehead atoms. The van der Waals surface area contributed by atoms with Crippen LogP contribution in [-0.2, 0) is 11.2 Å². The molecule has 0 aliphatic heterocycles. The molecule has 144 valence electrons. The Balaban J connectivity index is 1.77. The number of anilines is 1. The van der Waals surface area contributed by atoms with Gasteiger partial charge in [-0.15, -0.1) is 11.3 Å². The van der Waals surface area contributed by atoms with Crippen LogP contribution in [0.3, 0.4) is 0 Å². The number of pyridine rings is 1. The van der Waals surface area contributed by atoms with Crippen LogP contribution in [0.1, 0.15) is 34.5 Å². The van der Waals surface area contributed by atoms with Crippen molar-refractivity contribution >= 4 is 40.3 Å². The molecule has 2 heterocycles. The van der Waals surface area contributed by atoms with E-state index in [4.69, 9.17) is 11.6 Å². The van der Waals surface area contributed by atoms with Crippen molar-refractivity contribution < 1.29 is 9.59 Å². The third-order valence-corrected chi connectivity index (χ3v) is 5.63. The third-order valence-electron chi connectivity index (χ3n) is 4.36. The summed E-state index contributed by atoms with van der Waals surface area (Å²) in [5, 5.41) is 3.24. The summed E-state index contributed by atoms with van der Waals surface area (Å²) in [6, 6.07) is 8.99. The summed E-state index contributed by atoms with van der Waals surface area (Å²) in [5.74, 6) is -0.0502. The fraction of sp³-hybridized carbons (Fsp3) is 0.238. The lowest BCUT2D eigenvalue weighted by molar-refractivity contribution is -0.118. The first-order valence-electron chi connectivity index (χ1n) is 8.85. The molecule has 0 aliphatic rings. The van der Waals surface area contributed by atoms with E-state index < -0.39 is 0 Å². The molecule has 0 spiro atoms. The quantitative estimate of drug-likeness (QED) is 0.535. The molecular weight excluding hydrogens is 394 g/mol. The zero-order valence-corrected chi connectivity index (χ0v) is 17.5. The average molecular weight is 414 g/mol. The second kappa shape index (κ2) is 8.63. The molecule has 2 aromatic heterocycles. The summed E-state index contributed by atoms with van der Waals surface area (Å²) in [7, 11) is 1.73. The molecule has 0 saturated carbocycles. The van der Waals surface area contributed by atoms with Crippen molar-refractivity contribution in [3.63, 3.8) is 0 Å². The molecule has 3 rings (SSSR count). The van der Waals surface area contributed by atoms with Gasteiger partial charge in [-0.3, -0.25) is 14.6 Å². The molecule has 28 heavy (non-hydrogen) atoms. The molecule has 1 amide bonds. The van der Waals surface area contributed by atoms with E-state index in [9.17, 15) is 9.59 Å². The predicted molar refractivity (Wildman–Crippen MR) is 113 cm³/mol. The monoisotopic (exact) mass is 413 g/mol. The van der Waals surface area contributed by atoms with E-state index in [1.54, 1.807) is 30.3 Å². The van der Waals surface area contributed by atoms with E-state index in [-0.39, 0.29) is 18.1 Å². The van der Waals surface area contributed by atoms with E-state index in [0.717, 1.165) is 27.5 Å². The highest BCUT2D eigenvalue weighted by molar-refractivity contribution is 7.09. The summed E-state index contributed by atoms with van der Waals surface area (Å²) in [5.41, 5.74) is 3.66. The van der Waals surface area contributed by atoms with Crippen LogP contribution in [0.15, 0.2) is 41.9 Å². The van der Waals surface area contributed by atoms with Crippen molar-refractivity contribution in [2.24, 2.45) is 0 Å². The largest absolute Gasteiger partial charge is 0.315 e. The van der Waals surface area contributed by atoms with Gasteiger partial charge in [0.05, 0.1) is 11.4 Å². The van der Waals surface area contributed by atoms with E-state index in [2.05, 4.69) is 9.97 Å². The van der Waals surface area contributed by atoms with Crippen LogP contribution < -0.4 is 4.90 Å². The molecule has 0 fully saturated rings. The number of rotatable bonds is 6. The summed E-state index contributed by atoms with van der Waals surface area (Å²) in [4.78, 5) is 34.4. The van der Waals surface area contributed by atoms with E-state index >= 15 is 0 Å². The lowest BCUT2D eigenvalue weighted by Crippen LogP contribution is -2.24. The Morgan fingerprint density at radius 3 is 2.57 bits per heavy atom. The van der Waals surface area contributed by atoms with Gasteiger partial charge in [0.25, 0.3) is 0 Å². The van der Waals surface area contributed by atoms with Gasteiger partial charge in [0.2, 0.25) is 5.91 Å². The van der Waals surface area contributed by atoms with Crippen LogP contribution in [0.4, 0.5) is 5.69 Å². The number of halogens is 1. The van der Waals surface area contributed by atoms with Gasteiger partial charge in [0.15, 0.2) is 5.78 Å². The fourth-order valence-electron chi connectivity index (χ4n) is 2.76. The van der Waals surface area contributed by atoms with Crippen molar-refractivity contribution in [3.8, 4) is 11.1 Å². The number of thiazole rings is 1. The van der Waals surface area contributed by atoms with Gasteiger partial charge in [-0.2, -0.15) is 0 Å². The van der Waals surface area contributed by atoms with Crippen molar-refractivity contribution in [3.05, 3.63) is 63.3 Å². The summed E-state index contributed by atoms with van der Waals surface area (Å²) in [6.45, 7) is 3.72. The van der Waals surface area contributed by atoms with Gasteiger partial charge in [0, 0.05) is 47.6 Å². The number of hydrogen-bond acceptors (Lipinski definition) is 5. The first kappa shape index (κ1) is 20.2. The molecule has 0 atom stereocenters. The fourth-order valence-corrected chi connectivity index (χ4v) is 3.81. The van der Waals surface area contributed by atoms with Crippen LogP contribution in [0, 0.1) is 6.92 Å². The normalized spacial score (nSPS) is 10.7. The topological polar surface area (TPSA) is 63.2 Å². The maximum absolute atomic E-state index is 12.4. The summed E-state index contributed by atoms with van der Waals surface area (Å²) in [6.07, 6.45) is 2.32. The molecule has 0 unspecified atom stereocenters.